The van der Waals surface area contributed by atoms with Crippen molar-refractivity contribution >= 4 is 17.5 Å². The first kappa shape index (κ1) is 18.5. The molecule has 0 saturated carbocycles. The van der Waals surface area contributed by atoms with Crippen LogP contribution in [0.3, 0.4) is 0 Å². The summed E-state index contributed by atoms with van der Waals surface area (Å²) in [6.45, 7) is 12.0. The Morgan fingerprint density at radius 2 is 2.17 bits per heavy atom. The molecule has 0 saturated heterocycles. The van der Waals surface area contributed by atoms with Crippen molar-refractivity contribution in [2.75, 3.05) is 0 Å². The van der Waals surface area contributed by atoms with Crippen LogP contribution in [0, 0.1) is 6.92 Å². The van der Waals surface area contributed by atoms with E-state index < -0.39 is 0 Å². The summed E-state index contributed by atoms with van der Waals surface area (Å²) in [5.41, 5.74) is 4.17. The normalized spacial score (nSPS) is 21.0. The molecule has 1 aliphatic heterocycles. The van der Waals surface area contributed by atoms with Gasteiger partial charge in [-0.05, 0) is 51.7 Å². The molecule has 0 aliphatic carbocycles. The summed E-state index contributed by atoms with van der Waals surface area (Å²) in [5.74, 6) is 0.620. The van der Waals surface area contributed by atoms with E-state index >= 15 is 0 Å². The number of hydrogen-bond acceptors (Lipinski definition) is 3. The van der Waals surface area contributed by atoms with Crippen molar-refractivity contribution in [3.05, 3.63) is 64.5 Å². The molecule has 0 bridgehead atoms. The highest BCUT2D eigenvalue weighted by molar-refractivity contribution is 6.34. The average molecular weight is 345 g/mol. The molecule has 2 heterocycles. The summed E-state index contributed by atoms with van der Waals surface area (Å²) >= 11 is 6.30. The van der Waals surface area contributed by atoms with E-state index in [1.54, 1.807) is 12.4 Å². The second-order valence-electron chi connectivity index (χ2n) is 6.17. The van der Waals surface area contributed by atoms with Gasteiger partial charge >= 0.3 is 0 Å². The van der Waals surface area contributed by atoms with Crippen LogP contribution < -0.4 is 0 Å². The van der Waals surface area contributed by atoms with E-state index in [4.69, 9.17) is 21.3 Å². The molecular formula is C20H25ClN2O. The Hall–Kier alpha value is -1.87. The third kappa shape index (κ3) is 4.35. The van der Waals surface area contributed by atoms with Crippen LogP contribution in [0.4, 0.5) is 0 Å². The predicted octanol–water partition coefficient (Wildman–Crippen LogP) is 5.44. The number of hydrogen-bond donors (Lipinski definition) is 0. The van der Waals surface area contributed by atoms with Gasteiger partial charge < -0.3 is 4.74 Å². The Bertz CT molecular complexity index is 683. The lowest BCUT2D eigenvalue weighted by Gasteiger charge is -2.16. The fourth-order valence-corrected chi connectivity index (χ4v) is 3.10. The van der Waals surface area contributed by atoms with Crippen molar-refractivity contribution in [1.82, 2.24) is 4.98 Å². The van der Waals surface area contributed by atoms with Crippen LogP contribution in [-0.4, -0.2) is 23.0 Å². The van der Waals surface area contributed by atoms with Crippen molar-refractivity contribution < 1.29 is 4.74 Å². The van der Waals surface area contributed by atoms with Crippen LogP contribution in [0.1, 0.15) is 44.7 Å². The van der Waals surface area contributed by atoms with Crippen LogP contribution in [0.5, 0.6) is 0 Å². The van der Waals surface area contributed by atoms with Gasteiger partial charge in [-0.3, -0.25) is 4.98 Å². The molecule has 0 aromatic carbocycles. The zero-order valence-electron chi connectivity index (χ0n) is 14.8. The number of rotatable bonds is 6. The molecule has 1 aliphatic rings. The van der Waals surface area contributed by atoms with E-state index in [0.717, 1.165) is 29.5 Å². The zero-order valence-corrected chi connectivity index (χ0v) is 15.6. The summed E-state index contributed by atoms with van der Waals surface area (Å²) in [7, 11) is 0. The lowest BCUT2D eigenvalue weighted by atomic mass is 9.98. The molecule has 128 valence electrons. The van der Waals surface area contributed by atoms with Crippen LogP contribution in [0.25, 0.3) is 0 Å². The summed E-state index contributed by atoms with van der Waals surface area (Å²) < 4.78 is 6.01. The van der Waals surface area contributed by atoms with E-state index in [-0.39, 0.29) is 12.1 Å². The molecule has 0 radical (unpaired) electrons. The van der Waals surface area contributed by atoms with Gasteiger partial charge in [-0.15, -0.1) is 0 Å². The molecule has 1 aromatic heterocycles. The summed E-state index contributed by atoms with van der Waals surface area (Å²) in [6, 6.07) is 0.0341. The number of aromatic nitrogens is 1. The standard InChI is InChI=1S/C20H25ClN2O/c1-6-16(10-8-7-9-13(2)3)19-15(5)24-20(23-19)18-14(4)11-22-12-17(18)21/h6-7,9,11-12,15,19H,2,8,10H2,1,3-5H3/b9-7-,16-6+/t15-,19-/m1/s1. The average Bonchev–Trinajstić information content (AvgIpc) is 2.88. The summed E-state index contributed by atoms with van der Waals surface area (Å²) in [6.07, 6.45) is 11.7. The lowest BCUT2D eigenvalue weighted by Crippen LogP contribution is -2.21. The van der Waals surface area contributed by atoms with Crippen molar-refractivity contribution in [3.8, 4) is 0 Å². The number of aryl methyl sites for hydroxylation is 1. The topological polar surface area (TPSA) is 34.5 Å². The highest BCUT2D eigenvalue weighted by Crippen LogP contribution is 2.29. The van der Waals surface area contributed by atoms with E-state index in [1.165, 1.54) is 5.57 Å². The van der Waals surface area contributed by atoms with Gasteiger partial charge in [0.05, 0.1) is 10.6 Å². The van der Waals surface area contributed by atoms with Crippen LogP contribution in [-0.2, 0) is 4.74 Å². The van der Waals surface area contributed by atoms with Crippen molar-refractivity contribution in [2.24, 2.45) is 4.99 Å². The Kier molecular flexibility index (Phi) is 6.38. The van der Waals surface area contributed by atoms with Crippen molar-refractivity contribution in [2.45, 2.75) is 52.7 Å². The second-order valence-corrected chi connectivity index (χ2v) is 6.57. The molecule has 0 N–H and O–H groups in total. The van der Waals surface area contributed by atoms with E-state index in [9.17, 15) is 0 Å². The molecule has 0 spiro atoms. The van der Waals surface area contributed by atoms with Gasteiger partial charge in [0.25, 0.3) is 0 Å². The minimum Gasteiger partial charge on any atom is -0.472 e. The molecule has 1 aromatic rings. The second kappa shape index (κ2) is 8.29. The fourth-order valence-electron chi connectivity index (χ4n) is 2.81. The molecule has 3 nitrogen and oxygen atoms in total. The van der Waals surface area contributed by atoms with Gasteiger partial charge in [-0.25, -0.2) is 4.99 Å². The number of halogens is 1. The number of pyridine rings is 1. The zero-order chi connectivity index (χ0) is 17.7. The smallest absolute Gasteiger partial charge is 0.219 e. The maximum absolute atomic E-state index is 6.30. The molecular weight excluding hydrogens is 320 g/mol. The molecule has 2 atom stereocenters. The van der Waals surface area contributed by atoms with Crippen molar-refractivity contribution in [3.63, 3.8) is 0 Å². The predicted molar refractivity (Wildman–Crippen MR) is 102 cm³/mol. The molecule has 4 heteroatoms. The minimum absolute atomic E-state index is 0.0000445. The fraction of sp³-hybridized carbons (Fsp3) is 0.400. The minimum atomic E-state index is -0.0000445. The van der Waals surface area contributed by atoms with Gasteiger partial charge in [0.1, 0.15) is 12.1 Å². The Morgan fingerprint density at radius 3 is 2.79 bits per heavy atom. The molecule has 0 fully saturated rings. The molecule has 0 unspecified atom stereocenters. The highest BCUT2D eigenvalue weighted by atomic mass is 35.5. The maximum atomic E-state index is 6.30. The monoisotopic (exact) mass is 344 g/mol. The van der Waals surface area contributed by atoms with Crippen molar-refractivity contribution in [1.29, 1.82) is 0 Å². The molecule has 24 heavy (non-hydrogen) atoms. The van der Waals surface area contributed by atoms with Crippen LogP contribution in [0.2, 0.25) is 5.02 Å². The summed E-state index contributed by atoms with van der Waals surface area (Å²) in [4.78, 5) is 8.92. The first-order chi connectivity index (χ1) is 11.4. The quantitative estimate of drug-likeness (QED) is 0.509. The Balaban J connectivity index is 2.18. The van der Waals surface area contributed by atoms with Gasteiger partial charge in [0, 0.05) is 12.4 Å². The van der Waals surface area contributed by atoms with Gasteiger partial charge in [0.2, 0.25) is 5.90 Å². The van der Waals surface area contributed by atoms with Gasteiger partial charge in [0.15, 0.2) is 0 Å². The largest absolute Gasteiger partial charge is 0.472 e. The SMILES string of the molecule is C=C(C)/C=C\CC/C(=C\C)[C@@H]1N=C(c2c(C)cncc2Cl)O[C@@H]1C. The van der Waals surface area contributed by atoms with Gasteiger partial charge in [-0.1, -0.05) is 42.0 Å². The van der Waals surface area contributed by atoms with E-state index in [2.05, 4.69) is 43.6 Å². The molecule has 2 rings (SSSR count). The van der Waals surface area contributed by atoms with E-state index in [0.29, 0.717) is 10.9 Å². The Morgan fingerprint density at radius 1 is 1.42 bits per heavy atom. The Labute approximate surface area is 149 Å². The van der Waals surface area contributed by atoms with Crippen LogP contribution in [0.15, 0.2) is 53.3 Å². The number of aliphatic imine (C=N–C) groups is 1. The third-order valence-electron chi connectivity index (χ3n) is 4.05. The van der Waals surface area contributed by atoms with Crippen LogP contribution >= 0.6 is 11.6 Å². The number of nitrogens with zero attached hydrogens (tertiary/aromatic N) is 2. The molecule has 0 amide bonds. The first-order valence-corrected chi connectivity index (χ1v) is 8.64. The number of ether oxygens (including phenoxy) is 1. The highest BCUT2D eigenvalue weighted by Gasteiger charge is 2.31. The number of allylic oxidation sites excluding steroid dienone is 4. The maximum Gasteiger partial charge on any atom is 0.219 e. The van der Waals surface area contributed by atoms with Gasteiger partial charge in [-0.2, -0.15) is 0 Å². The van der Waals surface area contributed by atoms with E-state index in [1.807, 2.05) is 13.8 Å². The summed E-state index contributed by atoms with van der Waals surface area (Å²) in [5, 5.41) is 0.577. The first-order valence-electron chi connectivity index (χ1n) is 8.26. The lowest BCUT2D eigenvalue weighted by molar-refractivity contribution is 0.222. The third-order valence-corrected chi connectivity index (χ3v) is 4.34.